The highest BCUT2D eigenvalue weighted by Crippen LogP contribution is 2.13. The fourth-order valence-corrected chi connectivity index (χ4v) is 2.85. The molecule has 0 aliphatic carbocycles. The topological polar surface area (TPSA) is 27.7 Å². The Balaban J connectivity index is 0. The highest BCUT2D eigenvalue weighted by atomic mass is 28.4. The molecule has 92 valence electrons. The van der Waals surface area contributed by atoms with Gasteiger partial charge in [0, 0.05) is 37.6 Å². The van der Waals surface area contributed by atoms with Crippen LogP contribution in [0.2, 0.25) is 12.1 Å². The van der Waals surface area contributed by atoms with Crippen molar-refractivity contribution in [1.29, 1.82) is 0 Å². The van der Waals surface area contributed by atoms with Crippen molar-refractivity contribution in [3.05, 3.63) is 12.4 Å². The zero-order chi connectivity index (χ0) is 12.2. The molecule has 0 saturated carbocycles. The Labute approximate surface area is 96.4 Å². The first-order valence-electron chi connectivity index (χ1n) is 5.06. The van der Waals surface area contributed by atoms with Crippen molar-refractivity contribution in [3.8, 4) is 0 Å². The molecule has 0 bridgehead atoms. The first-order chi connectivity index (χ1) is 7.16. The highest BCUT2D eigenvalue weighted by Gasteiger charge is 2.36. The van der Waals surface area contributed by atoms with E-state index >= 15 is 0 Å². The van der Waals surface area contributed by atoms with E-state index in [-0.39, 0.29) is 0 Å². The van der Waals surface area contributed by atoms with Crippen LogP contribution in [0.4, 0.5) is 4.39 Å². The summed E-state index contributed by atoms with van der Waals surface area (Å²) in [5.74, 6) is 0. The molecule has 0 radical (unpaired) electrons. The summed E-state index contributed by atoms with van der Waals surface area (Å²) < 4.78 is 26.3. The molecule has 0 aromatic carbocycles. The van der Waals surface area contributed by atoms with E-state index in [2.05, 4.69) is 6.92 Å². The summed E-state index contributed by atoms with van der Waals surface area (Å²) in [5, 5.41) is 0. The van der Waals surface area contributed by atoms with Crippen LogP contribution in [0.15, 0.2) is 12.4 Å². The van der Waals surface area contributed by atoms with Crippen LogP contribution in [0.5, 0.6) is 0 Å². The van der Waals surface area contributed by atoms with E-state index in [1.807, 2.05) is 0 Å². The van der Waals surface area contributed by atoms with Crippen LogP contribution < -0.4 is 0 Å². The monoisotopic (exact) mass is 254 g/mol. The van der Waals surface area contributed by atoms with Crippen molar-refractivity contribution in [2.75, 3.05) is 21.3 Å². The minimum atomic E-state index is -2.22. The molecule has 0 aromatic rings. The Kier molecular flexibility index (Phi) is 14.0. The highest BCUT2D eigenvalue weighted by molar-refractivity contribution is 6.60. The molecule has 0 amide bonds. The minimum absolute atomic E-state index is 0.590. The summed E-state index contributed by atoms with van der Waals surface area (Å²) in [7, 11) is 3.76. The quantitative estimate of drug-likeness (QED) is 0.673. The SMILES string of the molecule is CCC[Si](OC)(OC)OC.FC=CC[SiH3]. The van der Waals surface area contributed by atoms with Crippen LogP contribution in [0.3, 0.4) is 0 Å². The molecule has 0 unspecified atom stereocenters. The largest absolute Gasteiger partial charge is 0.500 e. The van der Waals surface area contributed by atoms with Gasteiger partial charge >= 0.3 is 8.80 Å². The Morgan fingerprint density at radius 1 is 1.20 bits per heavy atom. The fraction of sp³-hybridized carbons (Fsp3) is 0.778. The zero-order valence-corrected chi connectivity index (χ0v) is 13.4. The smallest absolute Gasteiger partial charge is 0.377 e. The predicted molar refractivity (Wildman–Crippen MR) is 66.9 cm³/mol. The summed E-state index contributed by atoms with van der Waals surface area (Å²) in [4.78, 5) is 0. The molecule has 0 spiro atoms. The van der Waals surface area contributed by atoms with Gasteiger partial charge in [0.1, 0.15) is 0 Å². The number of hydrogen-bond acceptors (Lipinski definition) is 3. The maximum absolute atomic E-state index is 10.8. The Bertz CT molecular complexity index is 144. The zero-order valence-electron chi connectivity index (χ0n) is 10.4. The molecule has 0 saturated heterocycles. The van der Waals surface area contributed by atoms with Gasteiger partial charge in [-0.25, -0.2) is 4.39 Å². The van der Waals surface area contributed by atoms with Crippen molar-refractivity contribution in [3.63, 3.8) is 0 Å². The van der Waals surface area contributed by atoms with E-state index in [4.69, 9.17) is 13.3 Å². The third kappa shape index (κ3) is 8.94. The Morgan fingerprint density at radius 2 is 1.67 bits per heavy atom. The second-order valence-corrected chi connectivity index (χ2v) is 6.72. The molecule has 0 heterocycles. The van der Waals surface area contributed by atoms with Crippen molar-refractivity contribution < 1.29 is 17.7 Å². The van der Waals surface area contributed by atoms with Gasteiger partial charge < -0.3 is 13.3 Å². The van der Waals surface area contributed by atoms with E-state index in [1.54, 1.807) is 21.3 Å². The first kappa shape index (κ1) is 17.4. The number of hydrogen-bond donors (Lipinski definition) is 0. The lowest BCUT2D eigenvalue weighted by atomic mass is 10.6. The third-order valence-corrected chi connectivity index (χ3v) is 5.26. The van der Waals surface area contributed by atoms with Crippen LogP contribution in [0.25, 0.3) is 0 Å². The standard InChI is InChI=1S/C6H16O3Si.C3H7FSi/c1-5-6-10(7-2,8-3)9-4;4-2-1-3-5/h5-6H2,1-4H3;1-2H,3H2,5H3. The molecule has 15 heavy (non-hydrogen) atoms. The van der Waals surface area contributed by atoms with Gasteiger partial charge in [0.25, 0.3) is 0 Å². The summed E-state index contributed by atoms with van der Waals surface area (Å²) in [6.45, 7) is 2.08. The van der Waals surface area contributed by atoms with Gasteiger partial charge in [0.05, 0.1) is 6.33 Å². The lowest BCUT2D eigenvalue weighted by Crippen LogP contribution is -2.42. The average molecular weight is 254 g/mol. The molecule has 0 atom stereocenters. The Morgan fingerprint density at radius 3 is 1.73 bits per heavy atom. The van der Waals surface area contributed by atoms with Gasteiger partial charge in [0.15, 0.2) is 0 Å². The van der Waals surface area contributed by atoms with Crippen LogP contribution >= 0.6 is 0 Å². The molecular weight excluding hydrogens is 231 g/mol. The fourth-order valence-electron chi connectivity index (χ4n) is 0.951. The molecule has 0 rings (SSSR count). The number of halogens is 1. The van der Waals surface area contributed by atoms with Crippen molar-refractivity contribution in [2.45, 2.75) is 25.4 Å². The van der Waals surface area contributed by atoms with Crippen LogP contribution in [0.1, 0.15) is 13.3 Å². The Hall–Kier alpha value is -0.0162. The molecule has 3 nitrogen and oxygen atoms in total. The van der Waals surface area contributed by atoms with Crippen molar-refractivity contribution in [2.24, 2.45) is 0 Å². The average Bonchev–Trinajstić information content (AvgIpc) is 2.28. The van der Waals surface area contributed by atoms with Gasteiger partial charge in [-0.05, 0) is 6.04 Å². The van der Waals surface area contributed by atoms with E-state index in [1.165, 1.54) is 6.08 Å². The molecule has 0 fully saturated rings. The van der Waals surface area contributed by atoms with E-state index in [0.717, 1.165) is 28.8 Å². The second kappa shape index (κ2) is 12.1. The molecule has 0 N–H and O–H groups in total. The number of allylic oxidation sites excluding steroid dienone is 1. The van der Waals surface area contributed by atoms with Gasteiger partial charge in [-0.1, -0.05) is 19.4 Å². The summed E-state index contributed by atoms with van der Waals surface area (Å²) >= 11 is 0. The normalized spacial score (nSPS) is 11.5. The van der Waals surface area contributed by atoms with Gasteiger partial charge in [-0.15, -0.1) is 0 Å². The van der Waals surface area contributed by atoms with Crippen LogP contribution in [-0.4, -0.2) is 40.4 Å². The molecule has 0 aliphatic rings. The third-order valence-electron chi connectivity index (χ3n) is 1.81. The van der Waals surface area contributed by atoms with Crippen molar-refractivity contribution in [1.82, 2.24) is 0 Å². The van der Waals surface area contributed by atoms with Gasteiger partial charge in [-0.2, -0.15) is 0 Å². The predicted octanol–water partition coefficient (Wildman–Crippen LogP) is 1.53. The lowest BCUT2D eigenvalue weighted by Gasteiger charge is -2.23. The molecule has 6 heteroatoms. The van der Waals surface area contributed by atoms with E-state index < -0.39 is 8.80 Å². The number of rotatable bonds is 6. The van der Waals surface area contributed by atoms with Crippen LogP contribution in [-0.2, 0) is 13.3 Å². The molecule has 0 aromatic heterocycles. The lowest BCUT2D eigenvalue weighted by molar-refractivity contribution is 0.123. The van der Waals surface area contributed by atoms with Crippen LogP contribution in [0, 0.1) is 0 Å². The maximum Gasteiger partial charge on any atom is 0.500 e. The molecule has 0 aliphatic heterocycles. The summed E-state index contributed by atoms with van der Waals surface area (Å²) in [6, 6.07) is 1.81. The van der Waals surface area contributed by atoms with Gasteiger partial charge in [-0.3, -0.25) is 0 Å². The first-order valence-corrected chi connectivity index (χ1v) is 8.41. The summed E-state index contributed by atoms with van der Waals surface area (Å²) in [6.07, 6.45) is 3.14. The minimum Gasteiger partial charge on any atom is -0.377 e. The van der Waals surface area contributed by atoms with Gasteiger partial charge in [0.2, 0.25) is 0 Å². The molecular formula is C9H23FO3Si2. The van der Waals surface area contributed by atoms with E-state index in [9.17, 15) is 4.39 Å². The van der Waals surface area contributed by atoms with E-state index in [0.29, 0.717) is 6.33 Å². The maximum atomic E-state index is 10.8. The second-order valence-electron chi connectivity index (χ2n) is 2.82. The van der Waals surface area contributed by atoms with Crippen molar-refractivity contribution >= 4 is 19.0 Å². The summed E-state index contributed by atoms with van der Waals surface area (Å²) in [5.41, 5.74) is 0.